The highest BCUT2D eigenvalue weighted by atomic mass is 28.2. The zero-order valence-corrected chi connectivity index (χ0v) is 4.13. The van der Waals surface area contributed by atoms with Gasteiger partial charge in [-0.1, -0.05) is 0 Å². The number of nitrogens with two attached hydrogens (primary N) is 1. The topological polar surface area (TPSA) is 72.2 Å². The number of nitrogens with one attached hydrogen (secondary N) is 1. The van der Waals surface area contributed by atoms with Crippen molar-refractivity contribution in [2.75, 3.05) is 0 Å². The average Bonchev–Trinajstić information content (AvgIpc) is 1.35. The molecule has 0 aliphatic heterocycles. The fraction of sp³-hybridized carbons (Fsp3) is 0. The van der Waals surface area contributed by atoms with Crippen molar-refractivity contribution in [2.24, 2.45) is 5.73 Å². The van der Waals surface area contributed by atoms with Gasteiger partial charge in [-0.05, 0) is 0 Å². The molecule has 0 saturated carbocycles. The van der Waals surface area contributed by atoms with Crippen LogP contribution < -0.4 is 10.7 Å². The quantitative estimate of drug-likeness (QED) is 0.391. The Kier molecular flexibility index (Phi) is 2.22. The number of rotatable bonds is 1. The van der Waals surface area contributed by atoms with Crippen LogP contribution in [0.4, 0.5) is 4.79 Å². The second-order valence-corrected chi connectivity index (χ2v) is 1.15. The fourth-order valence-corrected chi connectivity index (χ4v) is 0.174. The summed E-state index contributed by atoms with van der Waals surface area (Å²) in [7, 11) is -1.22. The highest BCUT2D eigenvalue weighted by molar-refractivity contribution is 6.20. The molecule has 0 unspecified atom stereocenters. The van der Waals surface area contributed by atoms with Gasteiger partial charge in [0, 0.05) is 0 Å². The van der Waals surface area contributed by atoms with Gasteiger partial charge in [-0.3, -0.25) is 0 Å². The van der Waals surface area contributed by atoms with Crippen molar-refractivity contribution in [3.8, 4) is 0 Å². The Labute approximate surface area is 36.7 Å². The molecule has 2 amide bonds. The molecule has 0 bridgehead atoms. The molecule has 3 N–H and O–H groups in total. The van der Waals surface area contributed by atoms with Crippen LogP contribution >= 0.6 is 0 Å². The smallest absolute Gasteiger partial charge is 0.363 e. The normalized spacial score (nSPS) is 6.67. The molecule has 0 aromatic carbocycles. The monoisotopic (exact) mass is 104 g/mol. The van der Waals surface area contributed by atoms with Gasteiger partial charge in [-0.15, -0.1) is 0 Å². The van der Waals surface area contributed by atoms with Crippen molar-refractivity contribution in [1.29, 1.82) is 0 Å². The van der Waals surface area contributed by atoms with Crippen LogP contribution in [0, 0.1) is 0 Å². The van der Waals surface area contributed by atoms with Crippen molar-refractivity contribution in [3.05, 3.63) is 0 Å². The summed E-state index contributed by atoms with van der Waals surface area (Å²) in [6.07, 6.45) is 0. The molecule has 0 saturated heterocycles. The van der Waals surface area contributed by atoms with Gasteiger partial charge in [0.1, 0.15) is 0 Å². The number of carbonyl (C=O) groups is 1. The predicted octanol–water partition coefficient (Wildman–Crippen LogP) is -1.65. The lowest BCUT2D eigenvalue weighted by Crippen LogP contribution is -2.28. The van der Waals surface area contributed by atoms with Crippen LogP contribution in [0.15, 0.2) is 0 Å². The number of primary amides is 1. The van der Waals surface area contributed by atoms with E-state index in [9.17, 15) is 9.26 Å². The van der Waals surface area contributed by atoms with Crippen LogP contribution in [-0.4, -0.2) is 15.6 Å². The Bertz CT molecular complexity index is 71.9. The highest BCUT2D eigenvalue weighted by Gasteiger charge is 1.80. The first kappa shape index (κ1) is 5.29. The lowest BCUT2D eigenvalue weighted by atomic mass is 11.2. The highest BCUT2D eigenvalue weighted by Crippen LogP contribution is 1.40. The van der Waals surface area contributed by atoms with E-state index in [2.05, 4.69) is 5.73 Å². The molecule has 0 aliphatic carbocycles. The van der Waals surface area contributed by atoms with Crippen LogP contribution in [0.2, 0.25) is 0 Å². The summed E-state index contributed by atoms with van der Waals surface area (Å²) in [6, 6.07) is -0.736. The van der Waals surface area contributed by atoms with E-state index in [1.165, 1.54) is 0 Å². The van der Waals surface area contributed by atoms with E-state index in [0.29, 0.717) is 0 Å². The molecule has 0 fully saturated rings. The van der Waals surface area contributed by atoms with Crippen molar-refractivity contribution in [2.45, 2.75) is 0 Å². The van der Waals surface area contributed by atoms with Crippen molar-refractivity contribution < 1.29 is 9.26 Å². The minimum atomic E-state index is -1.22. The predicted molar refractivity (Wildman–Crippen MR) is 20.6 cm³/mol. The third-order valence-electron chi connectivity index (χ3n) is 0.201. The van der Waals surface area contributed by atoms with Gasteiger partial charge in [-0.2, -0.15) is 0 Å². The van der Waals surface area contributed by atoms with Crippen LogP contribution in [0.25, 0.3) is 0 Å². The number of hydrogen-bond acceptors (Lipinski definition) is 2. The minimum absolute atomic E-state index is 0.736. The van der Waals surface area contributed by atoms with Crippen molar-refractivity contribution in [1.82, 2.24) is 4.98 Å². The molecule has 0 atom stereocenters. The van der Waals surface area contributed by atoms with Gasteiger partial charge in [0.25, 0.3) is 0 Å². The van der Waals surface area contributed by atoms with E-state index < -0.39 is 15.6 Å². The first-order valence-electron chi connectivity index (χ1n) is 1.27. The maximum absolute atomic E-state index is 9.53. The number of hydrogen-bond donors (Lipinski definition) is 2. The largest absolute Gasteiger partial charge is 0.384 e. The SMILES string of the molecule is NC(=O)N[SiH]=O. The van der Waals surface area contributed by atoms with E-state index in [1.807, 2.05) is 4.98 Å². The lowest BCUT2D eigenvalue weighted by molar-refractivity contribution is 0.253. The summed E-state index contributed by atoms with van der Waals surface area (Å²) in [5.41, 5.74) is 4.47. The minimum Gasteiger partial charge on any atom is -0.363 e. The molecule has 0 rings (SSSR count). The number of amides is 2. The maximum atomic E-state index is 9.53. The summed E-state index contributed by atoms with van der Waals surface area (Å²) >= 11 is 0. The van der Waals surface area contributed by atoms with Crippen molar-refractivity contribution in [3.63, 3.8) is 0 Å². The maximum Gasteiger partial charge on any atom is 0.384 e. The van der Waals surface area contributed by atoms with E-state index in [1.54, 1.807) is 0 Å². The average molecular weight is 104 g/mol. The standard InChI is InChI=1S/CH4N2O2Si/c2-1(4)3-6-5/h6H,(H3,2,3,4). The Morgan fingerprint density at radius 3 is 2.33 bits per heavy atom. The van der Waals surface area contributed by atoms with E-state index in [-0.39, 0.29) is 0 Å². The van der Waals surface area contributed by atoms with Gasteiger partial charge in [0.2, 0.25) is 0 Å². The molecule has 0 aliphatic rings. The number of carbonyl (C=O) groups excluding carboxylic acids is 1. The molecular weight excluding hydrogens is 100 g/mol. The Morgan fingerprint density at radius 1 is 1.83 bits per heavy atom. The zero-order valence-electron chi connectivity index (χ0n) is 2.97. The van der Waals surface area contributed by atoms with E-state index in [0.717, 1.165) is 0 Å². The fourth-order valence-electron chi connectivity index (χ4n) is 0.0581. The van der Waals surface area contributed by atoms with Gasteiger partial charge in [0.05, 0.1) is 0 Å². The summed E-state index contributed by atoms with van der Waals surface area (Å²) in [5.74, 6) is 0. The van der Waals surface area contributed by atoms with Crippen LogP contribution in [0.5, 0.6) is 0 Å². The molecule has 0 aromatic rings. The molecule has 0 heterocycles. The number of urea groups is 1. The Balaban J connectivity index is 3.05. The van der Waals surface area contributed by atoms with Crippen molar-refractivity contribution >= 4 is 15.6 Å². The lowest BCUT2D eigenvalue weighted by Gasteiger charge is -1.79. The van der Waals surface area contributed by atoms with Gasteiger partial charge < -0.3 is 15.2 Å². The third kappa shape index (κ3) is 3.29. The van der Waals surface area contributed by atoms with Crippen LogP contribution in [-0.2, 0) is 4.46 Å². The third-order valence-corrected chi connectivity index (χ3v) is 0.604. The molecule has 34 valence electrons. The molecule has 4 nitrogen and oxygen atoms in total. The summed E-state index contributed by atoms with van der Waals surface area (Å²) in [5, 5.41) is 0. The molecule has 5 heteroatoms. The summed E-state index contributed by atoms with van der Waals surface area (Å²) in [4.78, 5) is 11.4. The molecule has 0 aromatic heterocycles. The molecule has 0 radical (unpaired) electrons. The molecule has 6 heavy (non-hydrogen) atoms. The van der Waals surface area contributed by atoms with Crippen LogP contribution in [0.1, 0.15) is 0 Å². The van der Waals surface area contributed by atoms with E-state index >= 15 is 0 Å². The van der Waals surface area contributed by atoms with Gasteiger partial charge >= 0.3 is 15.6 Å². The van der Waals surface area contributed by atoms with Gasteiger partial charge in [0.15, 0.2) is 0 Å². The van der Waals surface area contributed by atoms with Gasteiger partial charge in [-0.25, -0.2) is 4.79 Å². The zero-order chi connectivity index (χ0) is 4.99. The summed E-state index contributed by atoms with van der Waals surface area (Å²) < 4.78 is 9.41. The van der Waals surface area contributed by atoms with E-state index in [4.69, 9.17) is 0 Å². The first-order valence-corrected chi connectivity index (χ1v) is 2.32. The molecule has 0 spiro atoms. The first-order chi connectivity index (χ1) is 2.77. The van der Waals surface area contributed by atoms with Crippen LogP contribution in [0.3, 0.4) is 0 Å². The Hall–Kier alpha value is -0.713. The Morgan fingerprint density at radius 2 is 2.33 bits per heavy atom. The second kappa shape index (κ2) is 2.52. The second-order valence-electron chi connectivity index (χ2n) is 0.626. The summed E-state index contributed by atoms with van der Waals surface area (Å²) in [6.45, 7) is 0. The molecular formula is CH4N2O2Si.